The molecule has 1 atom stereocenters. The standard InChI is InChI=1S/C11H14N2O2/c14-13(15)11-5-1-3-9(7-11)10-4-2-6-12-8-10/h1,3,5,7,10,12H,2,4,6,8H2/t10-/m0/s1. The molecule has 0 bridgehead atoms. The van der Waals surface area contributed by atoms with Crippen molar-refractivity contribution in [1.29, 1.82) is 0 Å². The molecule has 15 heavy (non-hydrogen) atoms. The summed E-state index contributed by atoms with van der Waals surface area (Å²) in [5, 5.41) is 13.9. The van der Waals surface area contributed by atoms with E-state index < -0.39 is 0 Å². The second kappa shape index (κ2) is 4.40. The molecule has 1 aliphatic rings. The molecule has 1 aliphatic heterocycles. The molecule has 0 aliphatic carbocycles. The average molecular weight is 206 g/mol. The van der Waals surface area contributed by atoms with Gasteiger partial charge in [0.2, 0.25) is 0 Å². The third kappa shape index (κ3) is 2.33. The lowest BCUT2D eigenvalue weighted by atomic mass is 9.91. The van der Waals surface area contributed by atoms with Gasteiger partial charge in [0.25, 0.3) is 5.69 Å². The molecule has 0 spiro atoms. The second-order valence-corrected chi connectivity index (χ2v) is 3.90. The minimum absolute atomic E-state index is 0.193. The quantitative estimate of drug-likeness (QED) is 0.595. The van der Waals surface area contributed by atoms with E-state index >= 15 is 0 Å². The zero-order valence-corrected chi connectivity index (χ0v) is 8.48. The number of piperidine rings is 1. The fourth-order valence-corrected chi connectivity index (χ4v) is 2.03. The summed E-state index contributed by atoms with van der Waals surface area (Å²) in [7, 11) is 0. The van der Waals surface area contributed by atoms with Crippen LogP contribution in [0.5, 0.6) is 0 Å². The van der Waals surface area contributed by atoms with Crippen molar-refractivity contribution in [1.82, 2.24) is 5.32 Å². The lowest BCUT2D eigenvalue weighted by Crippen LogP contribution is -2.28. The second-order valence-electron chi connectivity index (χ2n) is 3.90. The number of nitrogens with zero attached hydrogens (tertiary/aromatic N) is 1. The highest BCUT2D eigenvalue weighted by Crippen LogP contribution is 2.25. The number of benzene rings is 1. The fourth-order valence-electron chi connectivity index (χ4n) is 2.03. The van der Waals surface area contributed by atoms with Crippen LogP contribution in [0.15, 0.2) is 24.3 Å². The Kier molecular flexibility index (Phi) is 2.97. The van der Waals surface area contributed by atoms with E-state index in [1.54, 1.807) is 18.2 Å². The molecular formula is C11H14N2O2. The van der Waals surface area contributed by atoms with Gasteiger partial charge in [0, 0.05) is 18.7 Å². The lowest BCUT2D eigenvalue weighted by molar-refractivity contribution is -0.384. The number of hydrogen-bond donors (Lipinski definition) is 1. The number of nitro benzene ring substituents is 1. The summed E-state index contributed by atoms with van der Waals surface area (Å²) >= 11 is 0. The molecule has 1 N–H and O–H groups in total. The predicted molar refractivity (Wildman–Crippen MR) is 57.9 cm³/mol. The van der Waals surface area contributed by atoms with Gasteiger partial charge in [0.15, 0.2) is 0 Å². The van der Waals surface area contributed by atoms with Gasteiger partial charge >= 0.3 is 0 Å². The van der Waals surface area contributed by atoms with Crippen LogP contribution in [0, 0.1) is 10.1 Å². The molecule has 1 aromatic carbocycles. The number of hydrogen-bond acceptors (Lipinski definition) is 3. The lowest BCUT2D eigenvalue weighted by Gasteiger charge is -2.22. The Morgan fingerprint density at radius 2 is 2.33 bits per heavy atom. The monoisotopic (exact) mass is 206 g/mol. The molecule has 1 fully saturated rings. The van der Waals surface area contributed by atoms with Crippen LogP contribution in [0.2, 0.25) is 0 Å². The van der Waals surface area contributed by atoms with Gasteiger partial charge in [-0.15, -0.1) is 0 Å². The smallest absolute Gasteiger partial charge is 0.269 e. The fraction of sp³-hybridized carbons (Fsp3) is 0.455. The van der Waals surface area contributed by atoms with Gasteiger partial charge < -0.3 is 5.32 Å². The van der Waals surface area contributed by atoms with Crippen LogP contribution < -0.4 is 5.32 Å². The molecule has 0 unspecified atom stereocenters. The van der Waals surface area contributed by atoms with Crippen LogP contribution in [0.25, 0.3) is 0 Å². The summed E-state index contributed by atoms with van der Waals surface area (Å²) in [6.45, 7) is 1.99. The number of rotatable bonds is 2. The molecule has 0 radical (unpaired) electrons. The maximum Gasteiger partial charge on any atom is 0.269 e. The van der Waals surface area contributed by atoms with Gasteiger partial charge in [-0.3, -0.25) is 10.1 Å². The molecule has 0 saturated carbocycles. The van der Waals surface area contributed by atoms with Gasteiger partial charge in [-0.05, 0) is 30.9 Å². The van der Waals surface area contributed by atoms with E-state index in [0.29, 0.717) is 5.92 Å². The summed E-state index contributed by atoms with van der Waals surface area (Å²) in [5.41, 5.74) is 1.27. The third-order valence-electron chi connectivity index (χ3n) is 2.85. The van der Waals surface area contributed by atoms with Crippen LogP contribution in [0.1, 0.15) is 24.3 Å². The van der Waals surface area contributed by atoms with E-state index in [1.807, 2.05) is 6.07 Å². The van der Waals surface area contributed by atoms with E-state index in [0.717, 1.165) is 31.5 Å². The van der Waals surface area contributed by atoms with Crippen molar-refractivity contribution < 1.29 is 4.92 Å². The van der Waals surface area contributed by atoms with Gasteiger partial charge in [0.05, 0.1) is 4.92 Å². The first kappa shape index (κ1) is 10.1. The van der Waals surface area contributed by atoms with E-state index in [9.17, 15) is 10.1 Å². The highest BCUT2D eigenvalue weighted by atomic mass is 16.6. The van der Waals surface area contributed by atoms with Crippen molar-refractivity contribution in [2.24, 2.45) is 0 Å². The molecule has 1 aromatic rings. The van der Waals surface area contributed by atoms with Crippen LogP contribution in [-0.2, 0) is 0 Å². The first-order valence-corrected chi connectivity index (χ1v) is 5.22. The molecule has 0 aromatic heterocycles. The predicted octanol–water partition coefficient (Wildman–Crippen LogP) is 2.06. The number of non-ortho nitro benzene ring substituents is 1. The minimum Gasteiger partial charge on any atom is -0.316 e. The molecule has 2 rings (SSSR count). The summed E-state index contributed by atoms with van der Waals surface area (Å²) in [6, 6.07) is 6.98. The van der Waals surface area contributed by atoms with Crippen LogP contribution >= 0.6 is 0 Å². The van der Waals surface area contributed by atoms with Crippen molar-refractivity contribution >= 4 is 5.69 Å². The Hall–Kier alpha value is -1.42. The molecule has 4 nitrogen and oxygen atoms in total. The highest BCUT2D eigenvalue weighted by molar-refractivity contribution is 5.36. The van der Waals surface area contributed by atoms with Crippen molar-refractivity contribution in [2.75, 3.05) is 13.1 Å². The maximum atomic E-state index is 10.6. The minimum atomic E-state index is -0.334. The first-order chi connectivity index (χ1) is 7.27. The zero-order valence-electron chi connectivity index (χ0n) is 8.48. The van der Waals surface area contributed by atoms with Crippen LogP contribution in [0.3, 0.4) is 0 Å². The van der Waals surface area contributed by atoms with E-state index in [2.05, 4.69) is 5.32 Å². The number of nitrogens with one attached hydrogen (secondary N) is 1. The van der Waals surface area contributed by atoms with Gasteiger partial charge in [-0.2, -0.15) is 0 Å². The Morgan fingerprint density at radius 1 is 1.47 bits per heavy atom. The summed E-state index contributed by atoms with van der Waals surface area (Å²) in [4.78, 5) is 10.3. The maximum absolute atomic E-state index is 10.6. The van der Waals surface area contributed by atoms with Crippen molar-refractivity contribution in [2.45, 2.75) is 18.8 Å². The van der Waals surface area contributed by atoms with Crippen molar-refractivity contribution in [3.63, 3.8) is 0 Å². The normalized spacial score (nSPS) is 21.2. The summed E-state index contributed by atoms with van der Waals surface area (Å²) < 4.78 is 0. The van der Waals surface area contributed by atoms with E-state index in [-0.39, 0.29) is 10.6 Å². The molecule has 4 heteroatoms. The zero-order chi connectivity index (χ0) is 10.7. The molecule has 1 saturated heterocycles. The van der Waals surface area contributed by atoms with Crippen LogP contribution in [0.4, 0.5) is 5.69 Å². The first-order valence-electron chi connectivity index (χ1n) is 5.22. The Labute approximate surface area is 88.5 Å². The summed E-state index contributed by atoms with van der Waals surface area (Å²) in [5.74, 6) is 0.429. The van der Waals surface area contributed by atoms with E-state index in [4.69, 9.17) is 0 Å². The van der Waals surface area contributed by atoms with Gasteiger partial charge in [-0.25, -0.2) is 0 Å². The average Bonchev–Trinajstić information content (AvgIpc) is 2.30. The van der Waals surface area contributed by atoms with Crippen molar-refractivity contribution in [3.8, 4) is 0 Å². The van der Waals surface area contributed by atoms with Gasteiger partial charge in [0.1, 0.15) is 0 Å². The molecular weight excluding hydrogens is 192 g/mol. The third-order valence-corrected chi connectivity index (χ3v) is 2.85. The van der Waals surface area contributed by atoms with Crippen molar-refractivity contribution in [3.05, 3.63) is 39.9 Å². The van der Waals surface area contributed by atoms with Crippen LogP contribution in [-0.4, -0.2) is 18.0 Å². The van der Waals surface area contributed by atoms with E-state index in [1.165, 1.54) is 0 Å². The topological polar surface area (TPSA) is 55.2 Å². The molecule has 0 amide bonds. The van der Waals surface area contributed by atoms with Gasteiger partial charge in [-0.1, -0.05) is 12.1 Å². The Balaban J connectivity index is 2.19. The Morgan fingerprint density at radius 3 is 3.00 bits per heavy atom. The highest BCUT2D eigenvalue weighted by Gasteiger charge is 2.17. The summed E-state index contributed by atoms with van der Waals surface area (Å²) in [6.07, 6.45) is 2.27. The SMILES string of the molecule is O=[N+]([O-])c1cccc([C@H]2CCCNC2)c1. The number of nitro groups is 1. The molecule has 80 valence electrons. The Bertz CT molecular complexity index is 359. The largest absolute Gasteiger partial charge is 0.316 e. The molecule has 1 heterocycles.